The van der Waals surface area contributed by atoms with Crippen LogP contribution in [0.4, 0.5) is 10.1 Å². The van der Waals surface area contributed by atoms with Crippen molar-refractivity contribution in [3.05, 3.63) is 58.9 Å². The second-order valence-electron chi connectivity index (χ2n) is 4.58. The summed E-state index contributed by atoms with van der Waals surface area (Å²) in [4.78, 5) is 12.0. The van der Waals surface area contributed by atoms with Crippen molar-refractivity contribution in [2.45, 2.75) is 13.5 Å². The third-order valence-electron chi connectivity index (χ3n) is 3.10. The second kappa shape index (κ2) is 6.26. The first-order valence-electron chi connectivity index (χ1n) is 6.37. The highest BCUT2D eigenvalue weighted by atomic mass is 19.1. The lowest BCUT2D eigenvalue weighted by Gasteiger charge is -2.10. The Labute approximate surface area is 122 Å². The maximum absolute atomic E-state index is 13.5. The van der Waals surface area contributed by atoms with E-state index in [4.69, 9.17) is 15.2 Å². The molecule has 0 heterocycles. The molecular formula is C16H16FNO3. The number of anilines is 1. The maximum Gasteiger partial charge on any atom is 0.340 e. The normalized spacial score (nSPS) is 10.2. The van der Waals surface area contributed by atoms with Crippen LogP contribution in [0.1, 0.15) is 21.5 Å². The van der Waals surface area contributed by atoms with Gasteiger partial charge in [-0.05, 0) is 36.2 Å². The molecule has 0 atom stereocenters. The number of esters is 1. The lowest BCUT2D eigenvalue weighted by molar-refractivity contribution is 0.0472. The van der Waals surface area contributed by atoms with Gasteiger partial charge in [-0.25, -0.2) is 9.18 Å². The Balaban J connectivity index is 2.09. The van der Waals surface area contributed by atoms with E-state index in [-0.39, 0.29) is 12.4 Å². The standard InChI is InChI=1S/C16H16FNO3/c1-10-4-3-5-13(18)15(10)16(19)21-9-11-6-7-14(20-2)12(17)8-11/h3-8H,9,18H2,1-2H3. The second-order valence-corrected chi connectivity index (χ2v) is 4.58. The van der Waals surface area contributed by atoms with Gasteiger partial charge in [-0.15, -0.1) is 0 Å². The fourth-order valence-electron chi connectivity index (χ4n) is 1.99. The summed E-state index contributed by atoms with van der Waals surface area (Å²) in [6, 6.07) is 9.57. The Hall–Kier alpha value is -2.56. The van der Waals surface area contributed by atoms with Gasteiger partial charge >= 0.3 is 5.97 Å². The van der Waals surface area contributed by atoms with Crippen LogP contribution < -0.4 is 10.5 Å². The predicted octanol–water partition coefficient (Wildman–Crippen LogP) is 3.08. The number of carbonyl (C=O) groups excluding carboxylic acids is 1. The molecule has 5 heteroatoms. The topological polar surface area (TPSA) is 61.5 Å². The number of hydrogen-bond acceptors (Lipinski definition) is 4. The van der Waals surface area contributed by atoms with Gasteiger partial charge in [0.1, 0.15) is 6.61 Å². The van der Waals surface area contributed by atoms with Crippen LogP contribution in [0.25, 0.3) is 0 Å². The number of methoxy groups -OCH3 is 1. The zero-order chi connectivity index (χ0) is 15.4. The van der Waals surface area contributed by atoms with E-state index in [1.54, 1.807) is 31.2 Å². The predicted molar refractivity (Wildman–Crippen MR) is 77.7 cm³/mol. The van der Waals surface area contributed by atoms with Crippen LogP contribution in [0.5, 0.6) is 5.75 Å². The molecular weight excluding hydrogens is 273 g/mol. The van der Waals surface area contributed by atoms with Crippen LogP contribution >= 0.6 is 0 Å². The molecule has 0 aliphatic heterocycles. The molecule has 0 radical (unpaired) electrons. The fraction of sp³-hybridized carbons (Fsp3) is 0.188. The van der Waals surface area contributed by atoms with Gasteiger partial charge < -0.3 is 15.2 Å². The van der Waals surface area contributed by atoms with Gasteiger partial charge in [0.15, 0.2) is 11.6 Å². The van der Waals surface area contributed by atoms with Crippen molar-refractivity contribution < 1.29 is 18.7 Å². The van der Waals surface area contributed by atoms with Crippen LogP contribution in [0.2, 0.25) is 0 Å². The third kappa shape index (κ3) is 3.31. The summed E-state index contributed by atoms with van der Waals surface area (Å²) in [6.45, 7) is 1.74. The Morgan fingerprint density at radius 3 is 2.67 bits per heavy atom. The van der Waals surface area contributed by atoms with Gasteiger partial charge in [-0.2, -0.15) is 0 Å². The first-order chi connectivity index (χ1) is 10.0. The van der Waals surface area contributed by atoms with Crippen LogP contribution in [0, 0.1) is 12.7 Å². The van der Waals surface area contributed by atoms with Crippen molar-refractivity contribution in [2.24, 2.45) is 0 Å². The molecule has 2 N–H and O–H groups in total. The van der Waals surface area contributed by atoms with Gasteiger partial charge in [0.25, 0.3) is 0 Å². The maximum atomic E-state index is 13.5. The smallest absolute Gasteiger partial charge is 0.340 e. The number of nitrogens with two attached hydrogens (primary N) is 1. The first-order valence-corrected chi connectivity index (χ1v) is 6.37. The van der Waals surface area contributed by atoms with Gasteiger partial charge in [0.2, 0.25) is 0 Å². The Bertz CT molecular complexity index is 650. The number of rotatable bonds is 4. The van der Waals surface area contributed by atoms with E-state index in [0.717, 1.165) is 5.56 Å². The van der Waals surface area contributed by atoms with Crippen LogP contribution in [0.15, 0.2) is 36.4 Å². The van der Waals surface area contributed by atoms with E-state index in [0.29, 0.717) is 16.8 Å². The quantitative estimate of drug-likeness (QED) is 0.694. The minimum absolute atomic E-state index is 0.0342. The molecule has 0 aromatic heterocycles. The summed E-state index contributed by atoms with van der Waals surface area (Å²) in [5, 5.41) is 0. The minimum atomic E-state index is -0.526. The average Bonchev–Trinajstić information content (AvgIpc) is 2.45. The van der Waals surface area contributed by atoms with Crippen molar-refractivity contribution >= 4 is 11.7 Å². The summed E-state index contributed by atoms with van der Waals surface area (Å²) in [6.07, 6.45) is 0. The molecule has 0 spiro atoms. The Kier molecular flexibility index (Phi) is 4.42. The molecule has 110 valence electrons. The number of ether oxygens (including phenoxy) is 2. The molecule has 2 aromatic carbocycles. The first kappa shape index (κ1) is 14.8. The summed E-state index contributed by atoms with van der Waals surface area (Å²) in [5.74, 6) is -0.878. The molecule has 2 aromatic rings. The third-order valence-corrected chi connectivity index (χ3v) is 3.10. The van der Waals surface area contributed by atoms with Crippen molar-refractivity contribution in [1.29, 1.82) is 0 Å². The van der Waals surface area contributed by atoms with Crippen LogP contribution in [-0.4, -0.2) is 13.1 Å². The average molecular weight is 289 g/mol. The molecule has 4 nitrogen and oxygen atoms in total. The zero-order valence-electron chi connectivity index (χ0n) is 11.9. The number of carbonyl (C=O) groups is 1. The molecule has 0 saturated carbocycles. The highest BCUT2D eigenvalue weighted by molar-refractivity contribution is 5.96. The SMILES string of the molecule is COc1ccc(COC(=O)c2c(C)cccc2N)cc1F. The van der Waals surface area contributed by atoms with Crippen LogP contribution in [-0.2, 0) is 11.3 Å². The van der Waals surface area contributed by atoms with E-state index < -0.39 is 11.8 Å². The monoisotopic (exact) mass is 289 g/mol. The van der Waals surface area contributed by atoms with E-state index in [1.807, 2.05) is 0 Å². The zero-order valence-corrected chi connectivity index (χ0v) is 11.9. The molecule has 0 saturated heterocycles. The van der Waals surface area contributed by atoms with Gasteiger partial charge in [0.05, 0.1) is 12.7 Å². The number of halogens is 1. The number of benzene rings is 2. The number of nitrogen functional groups attached to an aromatic ring is 1. The largest absolute Gasteiger partial charge is 0.494 e. The van der Waals surface area contributed by atoms with Crippen molar-refractivity contribution in [2.75, 3.05) is 12.8 Å². The highest BCUT2D eigenvalue weighted by Gasteiger charge is 2.14. The highest BCUT2D eigenvalue weighted by Crippen LogP contribution is 2.20. The Morgan fingerprint density at radius 2 is 2.05 bits per heavy atom. The van der Waals surface area contributed by atoms with Gasteiger partial charge in [0, 0.05) is 5.69 Å². The number of hydrogen-bond donors (Lipinski definition) is 1. The van der Waals surface area contributed by atoms with E-state index in [1.165, 1.54) is 19.2 Å². The van der Waals surface area contributed by atoms with Gasteiger partial charge in [-0.3, -0.25) is 0 Å². The molecule has 0 aliphatic carbocycles. The van der Waals surface area contributed by atoms with E-state index in [2.05, 4.69) is 0 Å². The molecule has 0 aliphatic rings. The van der Waals surface area contributed by atoms with Crippen molar-refractivity contribution in [3.8, 4) is 5.75 Å². The van der Waals surface area contributed by atoms with Gasteiger partial charge in [-0.1, -0.05) is 18.2 Å². The molecule has 21 heavy (non-hydrogen) atoms. The lowest BCUT2D eigenvalue weighted by atomic mass is 10.1. The molecule has 0 unspecified atom stereocenters. The molecule has 0 amide bonds. The summed E-state index contributed by atoms with van der Waals surface area (Å²) in [5.41, 5.74) is 7.75. The van der Waals surface area contributed by atoms with Crippen LogP contribution in [0.3, 0.4) is 0 Å². The summed E-state index contributed by atoms with van der Waals surface area (Å²) < 4.78 is 23.5. The molecule has 2 rings (SSSR count). The fourth-order valence-corrected chi connectivity index (χ4v) is 1.99. The minimum Gasteiger partial charge on any atom is -0.494 e. The lowest BCUT2D eigenvalue weighted by Crippen LogP contribution is -2.10. The van der Waals surface area contributed by atoms with Crippen molar-refractivity contribution in [3.63, 3.8) is 0 Å². The number of aryl methyl sites for hydroxylation is 1. The molecule has 0 bridgehead atoms. The summed E-state index contributed by atoms with van der Waals surface area (Å²) >= 11 is 0. The van der Waals surface area contributed by atoms with E-state index >= 15 is 0 Å². The summed E-state index contributed by atoms with van der Waals surface area (Å²) in [7, 11) is 1.39. The van der Waals surface area contributed by atoms with Crippen molar-refractivity contribution in [1.82, 2.24) is 0 Å². The van der Waals surface area contributed by atoms with E-state index in [9.17, 15) is 9.18 Å². The molecule has 0 fully saturated rings. The Morgan fingerprint density at radius 1 is 1.29 bits per heavy atom.